The van der Waals surface area contributed by atoms with Gasteiger partial charge in [-0.05, 0) is 6.42 Å². The third kappa shape index (κ3) is 8.25. The summed E-state index contributed by atoms with van der Waals surface area (Å²) in [5.74, 6) is 0. The molecule has 1 atom stereocenters. The average Bonchev–Trinajstić information content (AvgIpc) is 2.39. The molecule has 0 saturated heterocycles. The van der Waals surface area contributed by atoms with Crippen molar-refractivity contribution in [2.45, 2.75) is 93.1 Å². The van der Waals surface area contributed by atoms with Gasteiger partial charge in [-0.2, -0.15) is 26.3 Å². The highest BCUT2D eigenvalue weighted by Gasteiger charge is 2.72. The molecule has 0 bridgehead atoms. The molecule has 140 valence electrons. The number of rotatable bonds is 11. The summed E-state index contributed by atoms with van der Waals surface area (Å²) in [6.07, 6.45) is -5.54. The molecule has 0 saturated carbocycles. The van der Waals surface area contributed by atoms with Crippen LogP contribution in [0, 0.1) is 0 Å². The van der Waals surface area contributed by atoms with E-state index in [9.17, 15) is 30.7 Å². The Labute approximate surface area is 146 Å². The van der Waals surface area contributed by atoms with E-state index in [1.165, 1.54) is 29.0 Å². The molecule has 0 radical (unpaired) electrons. The molecule has 0 fully saturated rings. The standard InChI is InChI=1S/C15H24F7I/c1-2-3-4-5-6-7-8-9-10-12(23)11-13(16,14(17,18)19)15(20,21)22/h12H,2-11H2,1H3. The Balaban J connectivity index is 4.14. The molecule has 0 spiro atoms. The SMILES string of the molecule is CCCCCCCCCCC(I)CC(F)(C(F)(F)F)C(F)(F)F. The van der Waals surface area contributed by atoms with Crippen molar-refractivity contribution in [1.29, 1.82) is 0 Å². The molecule has 0 aliphatic heterocycles. The van der Waals surface area contributed by atoms with Crippen molar-refractivity contribution in [3.8, 4) is 0 Å². The molecule has 0 aliphatic carbocycles. The zero-order chi connectivity index (χ0) is 18.1. The van der Waals surface area contributed by atoms with Gasteiger partial charge in [-0.3, -0.25) is 0 Å². The third-order valence-electron chi connectivity index (χ3n) is 3.77. The molecule has 0 rings (SSSR count). The van der Waals surface area contributed by atoms with Gasteiger partial charge in [0.2, 0.25) is 0 Å². The lowest BCUT2D eigenvalue weighted by Gasteiger charge is -2.31. The van der Waals surface area contributed by atoms with Gasteiger partial charge in [-0.25, -0.2) is 4.39 Å². The van der Waals surface area contributed by atoms with E-state index in [4.69, 9.17) is 0 Å². The summed E-state index contributed by atoms with van der Waals surface area (Å²) < 4.78 is 87.3. The number of unbranched alkanes of at least 4 members (excludes halogenated alkanes) is 7. The highest BCUT2D eigenvalue weighted by molar-refractivity contribution is 14.1. The Kier molecular flexibility index (Phi) is 10.4. The number of alkyl halides is 8. The minimum absolute atomic E-state index is 0.160. The number of hydrogen-bond donors (Lipinski definition) is 0. The van der Waals surface area contributed by atoms with E-state index >= 15 is 0 Å². The first-order chi connectivity index (χ1) is 10.5. The molecule has 23 heavy (non-hydrogen) atoms. The van der Waals surface area contributed by atoms with Gasteiger partial charge < -0.3 is 0 Å². The maximum Gasteiger partial charge on any atom is 0.431 e. The largest absolute Gasteiger partial charge is 0.431 e. The lowest BCUT2D eigenvalue weighted by atomic mass is 9.95. The van der Waals surface area contributed by atoms with Gasteiger partial charge in [-0.1, -0.05) is 80.9 Å². The lowest BCUT2D eigenvalue weighted by molar-refractivity contribution is -0.342. The van der Waals surface area contributed by atoms with E-state index in [1.807, 2.05) is 0 Å². The smallest absolute Gasteiger partial charge is 0.224 e. The van der Waals surface area contributed by atoms with Crippen molar-refractivity contribution < 1.29 is 30.7 Å². The summed E-state index contributed by atoms with van der Waals surface area (Å²) in [7, 11) is 0. The second-order valence-electron chi connectivity index (χ2n) is 5.86. The fourth-order valence-electron chi connectivity index (χ4n) is 2.30. The van der Waals surface area contributed by atoms with Gasteiger partial charge in [0.1, 0.15) is 0 Å². The highest BCUT2D eigenvalue weighted by atomic mass is 127. The predicted octanol–water partition coefficient (Wildman–Crippen LogP) is 7.54. The van der Waals surface area contributed by atoms with Crippen LogP contribution >= 0.6 is 22.6 Å². The van der Waals surface area contributed by atoms with Crippen molar-refractivity contribution >= 4 is 22.6 Å². The first kappa shape index (κ1) is 23.2. The molecule has 0 aromatic rings. The van der Waals surface area contributed by atoms with E-state index in [-0.39, 0.29) is 6.42 Å². The van der Waals surface area contributed by atoms with E-state index in [2.05, 4.69) is 6.92 Å². The maximum absolute atomic E-state index is 13.5. The van der Waals surface area contributed by atoms with Gasteiger partial charge in [0.25, 0.3) is 5.67 Å². The molecular weight excluding hydrogens is 440 g/mol. The van der Waals surface area contributed by atoms with Crippen LogP contribution in [0.2, 0.25) is 0 Å². The highest BCUT2D eigenvalue weighted by Crippen LogP contribution is 2.50. The van der Waals surface area contributed by atoms with Gasteiger partial charge in [0.15, 0.2) is 0 Å². The van der Waals surface area contributed by atoms with E-state index in [0.717, 1.165) is 38.5 Å². The number of hydrogen-bond acceptors (Lipinski definition) is 0. The maximum atomic E-state index is 13.5. The van der Waals surface area contributed by atoms with Crippen LogP contribution in [0.5, 0.6) is 0 Å². The Morgan fingerprint density at radius 3 is 1.48 bits per heavy atom. The van der Waals surface area contributed by atoms with Gasteiger partial charge >= 0.3 is 12.4 Å². The minimum atomic E-state index is -5.94. The fraction of sp³-hybridized carbons (Fsp3) is 1.00. The minimum Gasteiger partial charge on any atom is -0.224 e. The molecular formula is C15H24F7I. The molecule has 0 aromatic heterocycles. The first-order valence-corrected chi connectivity index (χ1v) is 9.16. The molecule has 0 nitrogen and oxygen atoms in total. The third-order valence-corrected chi connectivity index (χ3v) is 4.84. The zero-order valence-corrected chi connectivity index (χ0v) is 15.3. The molecule has 0 heterocycles. The Morgan fingerprint density at radius 1 is 0.696 bits per heavy atom. The summed E-state index contributed by atoms with van der Waals surface area (Å²) in [5.41, 5.74) is -5.12. The van der Waals surface area contributed by atoms with Crippen LogP contribution in [0.15, 0.2) is 0 Å². The lowest BCUT2D eigenvalue weighted by Crippen LogP contribution is -2.54. The monoisotopic (exact) mass is 464 g/mol. The first-order valence-electron chi connectivity index (χ1n) is 7.92. The molecule has 0 amide bonds. The summed E-state index contributed by atoms with van der Waals surface area (Å²) in [5, 5.41) is 0. The molecule has 0 N–H and O–H groups in total. The van der Waals surface area contributed by atoms with Crippen molar-refractivity contribution in [3.05, 3.63) is 0 Å². The van der Waals surface area contributed by atoms with Crippen molar-refractivity contribution in [1.82, 2.24) is 0 Å². The summed E-state index contributed by atoms with van der Waals surface area (Å²) in [6, 6.07) is 0. The molecule has 0 aromatic carbocycles. The summed E-state index contributed by atoms with van der Waals surface area (Å²) in [6.45, 7) is 2.10. The molecule has 1 unspecified atom stereocenters. The van der Waals surface area contributed by atoms with E-state index in [1.54, 1.807) is 0 Å². The van der Waals surface area contributed by atoms with E-state index in [0.29, 0.717) is 6.42 Å². The average molecular weight is 464 g/mol. The predicted molar refractivity (Wildman–Crippen MR) is 85.6 cm³/mol. The van der Waals surface area contributed by atoms with Crippen LogP contribution in [0.1, 0.15) is 71.1 Å². The van der Waals surface area contributed by atoms with Crippen LogP contribution in [0.3, 0.4) is 0 Å². The Morgan fingerprint density at radius 2 is 1.09 bits per heavy atom. The van der Waals surface area contributed by atoms with Crippen LogP contribution in [0.25, 0.3) is 0 Å². The zero-order valence-electron chi connectivity index (χ0n) is 13.2. The summed E-state index contributed by atoms with van der Waals surface area (Å²) in [4.78, 5) is 0. The van der Waals surface area contributed by atoms with Gasteiger partial charge in [0, 0.05) is 10.3 Å². The van der Waals surface area contributed by atoms with Crippen LogP contribution in [0.4, 0.5) is 30.7 Å². The second kappa shape index (κ2) is 10.3. The van der Waals surface area contributed by atoms with Gasteiger partial charge in [-0.15, -0.1) is 0 Å². The van der Waals surface area contributed by atoms with E-state index < -0.39 is 28.4 Å². The van der Waals surface area contributed by atoms with Crippen molar-refractivity contribution in [3.63, 3.8) is 0 Å². The molecule has 8 heteroatoms. The number of halogens is 8. The Bertz CT molecular complexity index is 298. The van der Waals surface area contributed by atoms with Crippen LogP contribution in [-0.4, -0.2) is 21.9 Å². The van der Waals surface area contributed by atoms with Crippen LogP contribution in [-0.2, 0) is 0 Å². The van der Waals surface area contributed by atoms with Crippen molar-refractivity contribution in [2.24, 2.45) is 0 Å². The normalized spacial score (nSPS) is 15.0. The quantitative estimate of drug-likeness (QED) is 0.128. The Hall–Kier alpha value is 0.240. The molecule has 0 aliphatic rings. The topological polar surface area (TPSA) is 0 Å². The van der Waals surface area contributed by atoms with Gasteiger partial charge in [0.05, 0.1) is 0 Å². The second-order valence-corrected chi connectivity index (χ2v) is 7.62. The van der Waals surface area contributed by atoms with Crippen LogP contribution < -0.4 is 0 Å². The van der Waals surface area contributed by atoms with Crippen molar-refractivity contribution in [2.75, 3.05) is 0 Å². The fourth-order valence-corrected chi connectivity index (χ4v) is 3.35. The summed E-state index contributed by atoms with van der Waals surface area (Å²) >= 11 is 1.49.